The molecule has 35 heavy (non-hydrogen) atoms. The summed E-state index contributed by atoms with van der Waals surface area (Å²) in [6.45, 7) is 3.64. The average Bonchev–Trinajstić information content (AvgIpc) is 3.55. The molecule has 180 valence electrons. The van der Waals surface area contributed by atoms with Crippen LogP contribution in [-0.2, 0) is 14.3 Å². The van der Waals surface area contributed by atoms with Gasteiger partial charge in [0.05, 0.1) is 30.3 Å². The summed E-state index contributed by atoms with van der Waals surface area (Å²) < 4.78 is 5.53. The molecular formula is C27H26ClN3O3S. The third-order valence-electron chi connectivity index (χ3n) is 6.33. The van der Waals surface area contributed by atoms with Crippen molar-refractivity contribution in [3.8, 4) is 0 Å². The van der Waals surface area contributed by atoms with Crippen molar-refractivity contribution in [1.29, 1.82) is 0 Å². The van der Waals surface area contributed by atoms with Crippen LogP contribution in [0.2, 0.25) is 5.02 Å². The maximum absolute atomic E-state index is 13.5. The first-order valence-corrected chi connectivity index (χ1v) is 13.1. The van der Waals surface area contributed by atoms with Gasteiger partial charge in [-0.1, -0.05) is 65.8 Å². The molecule has 0 radical (unpaired) electrons. The number of amides is 1. The zero-order valence-corrected chi connectivity index (χ0v) is 21.0. The highest BCUT2D eigenvalue weighted by atomic mass is 35.5. The summed E-state index contributed by atoms with van der Waals surface area (Å²) in [7, 11) is 0. The molecule has 5 rings (SSSR count). The molecule has 0 aliphatic carbocycles. The summed E-state index contributed by atoms with van der Waals surface area (Å²) in [6.07, 6.45) is 2.34. The predicted octanol–water partition coefficient (Wildman–Crippen LogP) is 5.63. The summed E-state index contributed by atoms with van der Waals surface area (Å²) in [5.74, 6) is -0.322. The van der Waals surface area contributed by atoms with E-state index >= 15 is 0 Å². The lowest BCUT2D eigenvalue weighted by Crippen LogP contribution is -2.38. The fraction of sp³-hybridized carbons (Fsp3) is 0.296. The Hall–Kier alpha value is -3.03. The van der Waals surface area contributed by atoms with Gasteiger partial charge < -0.3 is 14.5 Å². The number of nitrogens with zero attached hydrogens (tertiary/aromatic N) is 3. The molecule has 0 spiro atoms. The summed E-state index contributed by atoms with van der Waals surface area (Å²) in [6, 6.07) is 16.6. The van der Waals surface area contributed by atoms with E-state index in [1.165, 1.54) is 11.8 Å². The molecule has 3 aliphatic heterocycles. The molecule has 2 aromatic rings. The van der Waals surface area contributed by atoms with Gasteiger partial charge in [-0.05, 0) is 42.9 Å². The predicted molar refractivity (Wildman–Crippen MR) is 140 cm³/mol. The lowest BCUT2D eigenvalue weighted by molar-refractivity contribution is -0.139. The number of esters is 1. The van der Waals surface area contributed by atoms with Crippen LogP contribution in [0.3, 0.4) is 0 Å². The van der Waals surface area contributed by atoms with Gasteiger partial charge in [-0.15, -0.1) is 0 Å². The quantitative estimate of drug-likeness (QED) is 0.474. The van der Waals surface area contributed by atoms with Gasteiger partial charge in [0, 0.05) is 29.4 Å². The molecule has 6 nitrogen and oxygen atoms in total. The van der Waals surface area contributed by atoms with Crippen LogP contribution < -0.4 is 0 Å². The molecule has 0 bridgehead atoms. The van der Waals surface area contributed by atoms with Crippen LogP contribution in [0.5, 0.6) is 0 Å². The number of halogens is 1. The molecule has 1 saturated heterocycles. The lowest BCUT2D eigenvalue weighted by atomic mass is 9.91. The minimum absolute atomic E-state index is 0.0981. The zero-order chi connectivity index (χ0) is 24.4. The Morgan fingerprint density at radius 1 is 1.09 bits per heavy atom. The Kier molecular flexibility index (Phi) is 6.97. The number of ether oxygens (including phenoxy) is 1. The molecule has 0 unspecified atom stereocenters. The molecule has 0 saturated carbocycles. The number of amidine groups is 1. The van der Waals surface area contributed by atoms with Crippen molar-refractivity contribution in [2.75, 3.05) is 19.7 Å². The average molecular weight is 508 g/mol. The standard InChI is InChI=1S/C27H26ClN3O3S/c1-2-34-26(33)23-24(18-8-4-3-5-9-18)29-27-31(25(23)19-10-12-20(28)13-11-19)21(17-35-27)16-22(32)30-14-6-7-15-30/h3-5,8-13,17,25H,2,6-7,14-16H2,1H3/t25-/m1/s1. The zero-order valence-electron chi connectivity index (χ0n) is 19.4. The maximum Gasteiger partial charge on any atom is 0.338 e. The second-order valence-corrected chi connectivity index (χ2v) is 9.83. The number of fused-ring (bicyclic) bond motifs is 1. The van der Waals surface area contributed by atoms with Gasteiger partial charge in [0.2, 0.25) is 5.91 Å². The second kappa shape index (κ2) is 10.3. The minimum Gasteiger partial charge on any atom is -0.463 e. The molecule has 1 fully saturated rings. The number of hydrogen-bond acceptors (Lipinski definition) is 6. The number of carbonyl (C=O) groups excluding carboxylic acids is 2. The summed E-state index contributed by atoms with van der Waals surface area (Å²) in [4.78, 5) is 35.4. The molecule has 0 aromatic heterocycles. The van der Waals surface area contributed by atoms with Crippen LogP contribution in [0.4, 0.5) is 0 Å². The van der Waals surface area contributed by atoms with Gasteiger partial charge in [0.1, 0.15) is 0 Å². The molecule has 1 amide bonds. The van der Waals surface area contributed by atoms with Crippen LogP contribution in [0, 0.1) is 0 Å². The first kappa shape index (κ1) is 23.7. The van der Waals surface area contributed by atoms with Crippen molar-refractivity contribution in [1.82, 2.24) is 9.80 Å². The van der Waals surface area contributed by atoms with Crippen LogP contribution in [0.25, 0.3) is 5.70 Å². The number of rotatable bonds is 6. The molecule has 1 atom stereocenters. The third kappa shape index (κ3) is 4.75. The Balaban J connectivity index is 1.62. The van der Waals surface area contributed by atoms with Gasteiger partial charge in [-0.25, -0.2) is 9.79 Å². The second-order valence-electron chi connectivity index (χ2n) is 8.56. The Morgan fingerprint density at radius 3 is 2.49 bits per heavy atom. The van der Waals surface area contributed by atoms with Crippen molar-refractivity contribution in [2.45, 2.75) is 32.2 Å². The largest absolute Gasteiger partial charge is 0.463 e. The maximum atomic E-state index is 13.5. The van der Waals surface area contributed by atoms with Crippen LogP contribution in [0.1, 0.15) is 43.4 Å². The highest BCUT2D eigenvalue weighted by Gasteiger charge is 2.42. The van der Waals surface area contributed by atoms with Gasteiger partial charge in [-0.2, -0.15) is 0 Å². The van der Waals surface area contributed by atoms with E-state index in [-0.39, 0.29) is 18.9 Å². The highest BCUT2D eigenvalue weighted by Crippen LogP contribution is 2.47. The minimum atomic E-state index is -0.498. The molecule has 2 aromatic carbocycles. The van der Waals surface area contributed by atoms with Crippen molar-refractivity contribution in [3.05, 3.63) is 87.4 Å². The summed E-state index contributed by atoms with van der Waals surface area (Å²) in [5, 5.41) is 3.33. The van der Waals surface area contributed by atoms with Gasteiger partial charge >= 0.3 is 5.97 Å². The number of hydrogen-bond donors (Lipinski definition) is 0. The van der Waals surface area contributed by atoms with Crippen molar-refractivity contribution in [3.63, 3.8) is 0 Å². The van der Waals surface area contributed by atoms with E-state index in [9.17, 15) is 9.59 Å². The van der Waals surface area contributed by atoms with Crippen LogP contribution in [-0.4, -0.2) is 46.5 Å². The van der Waals surface area contributed by atoms with E-state index < -0.39 is 12.0 Å². The fourth-order valence-corrected chi connectivity index (χ4v) is 5.73. The van der Waals surface area contributed by atoms with Gasteiger partial charge in [0.25, 0.3) is 0 Å². The van der Waals surface area contributed by atoms with E-state index in [1.807, 2.05) is 69.8 Å². The van der Waals surface area contributed by atoms with Crippen molar-refractivity contribution < 1.29 is 14.3 Å². The Morgan fingerprint density at radius 2 is 1.80 bits per heavy atom. The summed E-state index contributed by atoms with van der Waals surface area (Å²) >= 11 is 7.68. The number of aliphatic imine (C=N–C) groups is 1. The molecule has 3 aliphatic rings. The first-order chi connectivity index (χ1) is 17.1. The van der Waals surface area contributed by atoms with Crippen molar-refractivity contribution >= 4 is 46.1 Å². The summed E-state index contributed by atoms with van der Waals surface area (Å²) in [5.41, 5.74) is 3.58. The van der Waals surface area contributed by atoms with Gasteiger partial charge in [-0.3, -0.25) is 4.79 Å². The van der Waals surface area contributed by atoms with Crippen LogP contribution >= 0.6 is 23.4 Å². The molecule has 8 heteroatoms. The van der Waals surface area contributed by atoms with Gasteiger partial charge in [0.15, 0.2) is 5.17 Å². The molecule has 3 heterocycles. The normalized spacial score (nSPS) is 19.4. The molecular weight excluding hydrogens is 482 g/mol. The third-order valence-corrected chi connectivity index (χ3v) is 7.47. The topological polar surface area (TPSA) is 62.2 Å². The first-order valence-electron chi connectivity index (χ1n) is 11.8. The van der Waals surface area contributed by atoms with E-state index in [0.29, 0.717) is 16.3 Å². The number of benzene rings is 2. The Bertz CT molecular complexity index is 1220. The van der Waals surface area contributed by atoms with Crippen molar-refractivity contribution in [2.24, 2.45) is 4.99 Å². The van der Waals surface area contributed by atoms with E-state index in [4.69, 9.17) is 21.3 Å². The Labute approximate surface area is 214 Å². The highest BCUT2D eigenvalue weighted by molar-refractivity contribution is 8.16. The number of carbonyl (C=O) groups is 2. The SMILES string of the molecule is CCOC(=O)C1=C(c2ccccc2)N=C2SC=C(CC(=O)N3CCCC3)N2[C@@H]1c1ccc(Cl)cc1. The number of likely N-dealkylation sites (tertiary alicyclic amines) is 1. The van der Waals surface area contributed by atoms with E-state index in [0.717, 1.165) is 47.9 Å². The number of thioether (sulfide) groups is 1. The monoisotopic (exact) mass is 507 g/mol. The lowest BCUT2D eigenvalue weighted by Gasteiger charge is -2.37. The van der Waals surface area contributed by atoms with E-state index in [1.54, 1.807) is 6.92 Å². The van der Waals surface area contributed by atoms with E-state index in [2.05, 4.69) is 0 Å². The fourth-order valence-electron chi connectivity index (χ4n) is 4.68. The van der Waals surface area contributed by atoms with Crippen LogP contribution in [0.15, 0.2) is 76.3 Å². The molecule has 0 N–H and O–H groups in total. The smallest absolute Gasteiger partial charge is 0.338 e.